The van der Waals surface area contributed by atoms with Gasteiger partial charge in [0.05, 0.1) is 11.1 Å². The molecule has 0 aliphatic heterocycles. The summed E-state index contributed by atoms with van der Waals surface area (Å²) in [7, 11) is 0. The third-order valence-electron chi connectivity index (χ3n) is 4.19. The Morgan fingerprint density at radius 3 is 1.00 bits per heavy atom. The van der Waals surface area contributed by atoms with Gasteiger partial charge in [-0.1, -0.05) is 0 Å². The van der Waals surface area contributed by atoms with Crippen LogP contribution >= 0.6 is 0 Å². The predicted octanol–water partition coefficient (Wildman–Crippen LogP) is 3.59. The predicted molar refractivity (Wildman–Crippen MR) is 109 cm³/mol. The zero-order chi connectivity index (χ0) is 21.7. The van der Waals surface area contributed by atoms with Gasteiger partial charge in [-0.15, -0.1) is 0 Å². The third kappa shape index (κ3) is 4.87. The second-order valence-electron chi connectivity index (χ2n) is 6.25. The first-order valence-electron chi connectivity index (χ1n) is 8.73. The highest BCUT2D eigenvalue weighted by molar-refractivity contribution is 6.06. The second kappa shape index (κ2) is 8.70. The molecule has 0 saturated heterocycles. The van der Waals surface area contributed by atoms with Crippen molar-refractivity contribution in [3.05, 3.63) is 95.1 Å². The lowest BCUT2D eigenvalue weighted by Gasteiger charge is -2.08. The van der Waals surface area contributed by atoms with E-state index in [4.69, 9.17) is 10.2 Å². The molecule has 0 unspecified atom stereocenters. The van der Waals surface area contributed by atoms with E-state index < -0.39 is 23.8 Å². The fraction of sp³-hybridized carbons (Fsp3) is 0. The van der Waals surface area contributed by atoms with Crippen molar-refractivity contribution in [3.8, 4) is 0 Å². The van der Waals surface area contributed by atoms with E-state index in [0.717, 1.165) is 0 Å². The first kappa shape index (κ1) is 20.3. The molecule has 150 valence electrons. The van der Waals surface area contributed by atoms with Crippen LogP contribution in [-0.4, -0.2) is 34.0 Å². The lowest BCUT2D eigenvalue weighted by atomic mass is 10.1. The monoisotopic (exact) mass is 404 g/mol. The van der Waals surface area contributed by atoms with Crippen molar-refractivity contribution in [2.75, 3.05) is 10.6 Å². The Labute approximate surface area is 170 Å². The van der Waals surface area contributed by atoms with Crippen LogP contribution in [0.25, 0.3) is 0 Å². The number of amides is 2. The van der Waals surface area contributed by atoms with Crippen LogP contribution in [0.4, 0.5) is 11.4 Å². The van der Waals surface area contributed by atoms with Crippen molar-refractivity contribution >= 4 is 35.1 Å². The fourth-order valence-corrected chi connectivity index (χ4v) is 2.57. The Hall–Kier alpha value is -4.46. The van der Waals surface area contributed by atoms with Crippen molar-refractivity contribution in [2.24, 2.45) is 0 Å². The molecule has 4 N–H and O–H groups in total. The van der Waals surface area contributed by atoms with E-state index in [2.05, 4.69) is 10.6 Å². The number of anilines is 2. The molecule has 0 heterocycles. The molecule has 0 aliphatic carbocycles. The lowest BCUT2D eigenvalue weighted by Crippen LogP contribution is -2.13. The van der Waals surface area contributed by atoms with Gasteiger partial charge in [-0.25, -0.2) is 9.59 Å². The summed E-state index contributed by atoms with van der Waals surface area (Å²) in [5.41, 5.74) is 1.77. The highest BCUT2D eigenvalue weighted by atomic mass is 16.4. The van der Waals surface area contributed by atoms with E-state index in [1.54, 1.807) is 24.3 Å². The number of aromatic carboxylic acids is 2. The third-order valence-corrected chi connectivity index (χ3v) is 4.19. The van der Waals surface area contributed by atoms with E-state index in [9.17, 15) is 19.2 Å². The van der Waals surface area contributed by atoms with Crippen LogP contribution in [0.1, 0.15) is 41.4 Å². The number of carbonyl (C=O) groups is 4. The van der Waals surface area contributed by atoms with E-state index in [-0.39, 0.29) is 11.1 Å². The molecule has 3 aromatic carbocycles. The highest BCUT2D eigenvalue weighted by Gasteiger charge is 2.10. The molecule has 0 aliphatic rings. The largest absolute Gasteiger partial charge is 0.478 e. The van der Waals surface area contributed by atoms with E-state index in [1.165, 1.54) is 48.5 Å². The Bertz CT molecular complexity index is 1010. The zero-order valence-corrected chi connectivity index (χ0v) is 15.5. The SMILES string of the molecule is O=C(O)c1ccc(C(=O)Nc2ccc(NC(=O)c3ccc(C(=O)O)cc3)cc2)cc1. The molecule has 3 aromatic rings. The topological polar surface area (TPSA) is 133 Å². The molecule has 8 heteroatoms. The molecular formula is C22H16N2O6. The minimum Gasteiger partial charge on any atom is -0.478 e. The molecule has 2 amide bonds. The lowest BCUT2D eigenvalue weighted by molar-refractivity contribution is 0.0686. The van der Waals surface area contributed by atoms with Gasteiger partial charge in [-0.3, -0.25) is 9.59 Å². The maximum Gasteiger partial charge on any atom is 0.335 e. The number of carboxylic acid groups (broad SMARTS) is 2. The van der Waals surface area contributed by atoms with Crippen LogP contribution in [0, 0.1) is 0 Å². The van der Waals surface area contributed by atoms with Gasteiger partial charge in [0, 0.05) is 22.5 Å². The minimum absolute atomic E-state index is 0.0873. The number of hydrogen-bond acceptors (Lipinski definition) is 4. The van der Waals surface area contributed by atoms with Crippen LogP contribution in [0.3, 0.4) is 0 Å². The van der Waals surface area contributed by atoms with Crippen LogP contribution < -0.4 is 10.6 Å². The maximum absolute atomic E-state index is 12.2. The van der Waals surface area contributed by atoms with E-state index >= 15 is 0 Å². The number of benzene rings is 3. The normalized spacial score (nSPS) is 10.1. The highest BCUT2D eigenvalue weighted by Crippen LogP contribution is 2.16. The van der Waals surface area contributed by atoms with Crippen molar-refractivity contribution in [1.29, 1.82) is 0 Å². The average molecular weight is 404 g/mol. The van der Waals surface area contributed by atoms with Crippen molar-refractivity contribution in [1.82, 2.24) is 0 Å². The summed E-state index contributed by atoms with van der Waals surface area (Å²) in [6, 6.07) is 17.5. The van der Waals surface area contributed by atoms with Gasteiger partial charge in [0.15, 0.2) is 0 Å². The molecule has 8 nitrogen and oxygen atoms in total. The average Bonchev–Trinajstić information content (AvgIpc) is 2.75. The van der Waals surface area contributed by atoms with Gasteiger partial charge in [-0.05, 0) is 72.8 Å². The standard InChI is InChI=1S/C22H16N2O6/c25-19(13-1-5-15(6-2-13)21(27)28)23-17-9-11-18(12-10-17)24-20(26)14-3-7-16(8-4-14)22(29)30/h1-12H,(H,23,25)(H,24,26)(H,27,28)(H,29,30). The van der Waals surface area contributed by atoms with Gasteiger partial charge < -0.3 is 20.8 Å². The number of hydrogen-bond donors (Lipinski definition) is 4. The van der Waals surface area contributed by atoms with E-state index in [0.29, 0.717) is 22.5 Å². The van der Waals surface area contributed by atoms with Crippen LogP contribution in [0.15, 0.2) is 72.8 Å². The van der Waals surface area contributed by atoms with E-state index in [1.807, 2.05) is 0 Å². The summed E-state index contributed by atoms with van der Waals surface area (Å²) in [4.78, 5) is 46.2. The Kier molecular flexibility index (Phi) is 5.88. The molecule has 3 rings (SSSR count). The molecule has 0 bridgehead atoms. The summed E-state index contributed by atoms with van der Waals surface area (Å²) in [6.07, 6.45) is 0. The summed E-state index contributed by atoms with van der Waals surface area (Å²) >= 11 is 0. The smallest absolute Gasteiger partial charge is 0.335 e. The first-order valence-corrected chi connectivity index (χ1v) is 8.73. The Morgan fingerprint density at radius 1 is 0.467 bits per heavy atom. The summed E-state index contributed by atoms with van der Waals surface area (Å²) < 4.78 is 0. The molecule has 30 heavy (non-hydrogen) atoms. The van der Waals surface area contributed by atoms with Crippen LogP contribution in [0.2, 0.25) is 0 Å². The van der Waals surface area contributed by atoms with Crippen molar-refractivity contribution in [3.63, 3.8) is 0 Å². The fourth-order valence-electron chi connectivity index (χ4n) is 2.57. The second-order valence-corrected chi connectivity index (χ2v) is 6.25. The Morgan fingerprint density at radius 2 is 0.733 bits per heavy atom. The summed E-state index contributed by atoms with van der Waals surface area (Å²) in [6.45, 7) is 0. The van der Waals surface area contributed by atoms with Gasteiger partial charge in [0.25, 0.3) is 11.8 Å². The maximum atomic E-state index is 12.2. The van der Waals surface area contributed by atoms with Gasteiger partial charge in [-0.2, -0.15) is 0 Å². The molecule has 0 fully saturated rings. The zero-order valence-electron chi connectivity index (χ0n) is 15.5. The van der Waals surface area contributed by atoms with Crippen LogP contribution in [-0.2, 0) is 0 Å². The number of carboxylic acids is 2. The molecule has 0 radical (unpaired) electrons. The Balaban J connectivity index is 1.61. The van der Waals surface area contributed by atoms with Gasteiger partial charge in [0.1, 0.15) is 0 Å². The quantitative estimate of drug-likeness (QED) is 0.496. The summed E-state index contributed by atoms with van der Waals surface area (Å²) in [5, 5.41) is 23.1. The number of nitrogens with one attached hydrogen (secondary N) is 2. The minimum atomic E-state index is -1.07. The molecule has 0 atom stereocenters. The van der Waals surface area contributed by atoms with Gasteiger partial charge >= 0.3 is 11.9 Å². The van der Waals surface area contributed by atoms with Gasteiger partial charge in [0.2, 0.25) is 0 Å². The molecule has 0 saturated carbocycles. The summed E-state index contributed by atoms with van der Waals surface area (Å²) in [5.74, 6) is -2.95. The number of rotatable bonds is 6. The number of carbonyl (C=O) groups excluding carboxylic acids is 2. The van der Waals surface area contributed by atoms with Crippen molar-refractivity contribution in [2.45, 2.75) is 0 Å². The molecule has 0 aromatic heterocycles. The molecular weight excluding hydrogens is 388 g/mol. The van der Waals surface area contributed by atoms with Crippen molar-refractivity contribution < 1.29 is 29.4 Å². The molecule has 0 spiro atoms. The van der Waals surface area contributed by atoms with Crippen LogP contribution in [0.5, 0.6) is 0 Å². The first-order chi connectivity index (χ1) is 14.3.